The van der Waals surface area contributed by atoms with Crippen LogP contribution < -0.4 is 28.6 Å². The highest BCUT2D eigenvalue weighted by atomic mass is 16.7. The summed E-state index contributed by atoms with van der Waals surface area (Å²) in [6.07, 6.45) is 20.0. The van der Waals surface area contributed by atoms with E-state index in [4.69, 9.17) is 18.9 Å². The number of benzene rings is 2. The third-order valence-corrected chi connectivity index (χ3v) is 8.49. The van der Waals surface area contributed by atoms with Crippen molar-refractivity contribution in [3.05, 3.63) is 42.1 Å². The van der Waals surface area contributed by atoms with E-state index < -0.39 is 5.97 Å². The Balaban J connectivity index is 0.000000319. The second-order valence-electron chi connectivity index (χ2n) is 11.6. The molecule has 1 aromatic heterocycles. The molecule has 0 aliphatic carbocycles. The van der Waals surface area contributed by atoms with Gasteiger partial charge in [0.1, 0.15) is 0 Å². The number of rotatable bonds is 16. The maximum atomic E-state index is 10.2. The molecular weight excluding hydrogens is 574 g/mol. The van der Waals surface area contributed by atoms with Crippen LogP contribution in [0.4, 0.5) is 0 Å². The van der Waals surface area contributed by atoms with E-state index in [2.05, 4.69) is 42.0 Å². The number of fused-ring (bicyclic) bond motifs is 5. The summed E-state index contributed by atoms with van der Waals surface area (Å²) in [7, 11) is 3.34. The SMILES string of the molecule is CCCCCCCCCCCCCCCC(=O)[O-].COc1ccc2cc3[n+](cc2c1OC)CCc1cc2c(cc1-3)OCO2.O.O. The second kappa shape index (κ2) is 19.7. The van der Waals surface area contributed by atoms with Gasteiger partial charge < -0.3 is 39.8 Å². The van der Waals surface area contributed by atoms with Crippen LogP contribution in [-0.4, -0.2) is 37.9 Å². The number of ether oxygens (including phenoxy) is 4. The molecular formula is C36H53NO8. The number of aliphatic carboxylic acids is 1. The minimum atomic E-state index is -0.905. The minimum absolute atomic E-state index is 0. The quantitative estimate of drug-likeness (QED) is 0.148. The number of hydrogen-bond donors (Lipinski definition) is 0. The highest BCUT2D eigenvalue weighted by molar-refractivity contribution is 5.91. The lowest BCUT2D eigenvalue weighted by atomic mass is 9.95. The van der Waals surface area contributed by atoms with Crippen molar-refractivity contribution in [2.75, 3.05) is 21.0 Å². The van der Waals surface area contributed by atoms with E-state index in [0.717, 1.165) is 59.6 Å². The van der Waals surface area contributed by atoms with Crippen molar-refractivity contribution in [3.63, 3.8) is 0 Å². The predicted molar refractivity (Wildman–Crippen MR) is 175 cm³/mol. The molecule has 0 unspecified atom stereocenters. The number of pyridine rings is 1. The van der Waals surface area contributed by atoms with Crippen LogP contribution in [0.15, 0.2) is 36.5 Å². The number of aromatic nitrogens is 1. The first-order valence-corrected chi connectivity index (χ1v) is 16.3. The van der Waals surface area contributed by atoms with Gasteiger partial charge in [-0.15, -0.1) is 0 Å². The van der Waals surface area contributed by atoms with Gasteiger partial charge in [0.2, 0.25) is 12.5 Å². The van der Waals surface area contributed by atoms with E-state index in [0.29, 0.717) is 6.79 Å². The van der Waals surface area contributed by atoms with Gasteiger partial charge in [0.15, 0.2) is 35.7 Å². The molecule has 5 rings (SSSR count). The Hall–Kier alpha value is -3.56. The monoisotopic (exact) mass is 627 g/mol. The number of methoxy groups -OCH3 is 2. The molecule has 9 nitrogen and oxygen atoms in total. The summed E-state index contributed by atoms with van der Waals surface area (Å²) in [4.78, 5) is 10.2. The normalized spacial score (nSPS) is 12.2. The van der Waals surface area contributed by atoms with E-state index >= 15 is 0 Å². The Kier molecular flexibility index (Phi) is 16.5. The first-order valence-electron chi connectivity index (χ1n) is 16.3. The fourth-order valence-corrected chi connectivity index (χ4v) is 6.06. The third kappa shape index (κ3) is 10.5. The van der Waals surface area contributed by atoms with Gasteiger partial charge in [0.25, 0.3) is 0 Å². The van der Waals surface area contributed by atoms with Crippen LogP contribution >= 0.6 is 0 Å². The lowest BCUT2D eigenvalue weighted by Crippen LogP contribution is -2.40. The molecule has 0 atom stereocenters. The van der Waals surface area contributed by atoms with Crippen LogP contribution in [0.25, 0.3) is 22.0 Å². The lowest BCUT2D eigenvalue weighted by Gasteiger charge is -2.17. The largest absolute Gasteiger partial charge is 0.550 e. The number of hydrogen-bond acceptors (Lipinski definition) is 6. The number of carboxylic acid groups (broad SMARTS) is 1. The van der Waals surface area contributed by atoms with Crippen molar-refractivity contribution < 1.29 is 44.4 Å². The zero-order valence-corrected chi connectivity index (χ0v) is 27.4. The summed E-state index contributed by atoms with van der Waals surface area (Å²) >= 11 is 0. The summed E-state index contributed by atoms with van der Waals surface area (Å²) in [5.74, 6) is 2.28. The molecule has 9 heteroatoms. The van der Waals surface area contributed by atoms with Crippen molar-refractivity contribution in [2.45, 2.75) is 110 Å². The topological polar surface area (TPSA) is 144 Å². The molecule has 4 N–H and O–H groups in total. The number of aryl methyl sites for hydroxylation is 2. The van der Waals surface area contributed by atoms with Gasteiger partial charge in [-0.2, -0.15) is 4.57 Å². The zero-order chi connectivity index (χ0) is 30.4. The van der Waals surface area contributed by atoms with Crippen molar-refractivity contribution in [1.82, 2.24) is 0 Å². The maximum Gasteiger partial charge on any atom is 0.231 e. The van der Waals surface area contributed by atoms with Gasteiger partial charge in [-0.1, -0.05) is 84.0 Å². The highest BCUT2D eigenvalue weighted by Gasteiger charge is 2.28. The van der Waals surface area contributed by atoms with Crippen molar-refractivity contribution >= 4 is 16.7 Å². The Bertz CT molecular complexity index is 1340. The van der Waals surface area contributed by atoms with Crippen molar-refractivity contribution in [3.8, 4) is 34.3 Å². The van der Waals surface area contributed by atoms with Crippen LogP contribution in [0, 0.1) is 0 Å². The molecule has 0 spiro atoms. The standard InChI is InChI=1S/C20H18NO4.C16H32O2.2H2O/c1-22-17-4-3-12-7-16-14-9-19-18(24-11-25-19)8-13(14)5-6-21(16)10-15(12)20(17)23-2;1-2-3-4-5-6-7-8-9-10-11-12-13-14-15-16(17)18;;/h3-4,7-10H,5-6,11H2,1-2H3;2-15H2,1H3,(H,17,18);2*1H2/q+1;;;/p-1. The molecule has 45 heavy (non-hydrogen) atoms. The van der Waals surface area contributed by atoms with Gasteiger partial charge >= 0.3 is 0 Å². The van der Waals surface area contributed by atoms with E-state index in [1.54, 1.807) is 14.2 Å². The fraction of sp³-hybridized carbons (Fsp3) is 0.556. The van der Waals surface area contributed by atoms with Crippen molar-refractivity contribution in [2.24, 2.45) is 0 Å². The number of carbonyl (C=O) groups excluding carboxylic acids is 1. The Labute approximate surface area is 268 Å². The van der Waals surface area contributed by atoms with Crippen LogP contribution in [0.3, 0.4) is 0 Å². The van der Waals surface area contributed by atoms with E-state index in [1.807, 2.05) is 6.07 Å². The van der Waals surface area contributed by atoms with E-state index in [9.17, 15) is 9.90 Å². The molecule has 3 aromatic rings. The number of nitrogens with zero attached hydrogens (tertiary/aromatic N) is 1. The number of carboxylic acids is 1. The lowest BCUT2D eigenvalue weighted by molar-refractivity contribution is -0.686. The Morgan fingerprint density at radius 3 is 2.00 bits per heavy atom. The van der Waals surface area contributed by atoms with Crippen LogP contribution in [0.5, 0.6) is 23.0 Å². The zero-order valence-electron chi connectivity index (χ0n) is 27.4. The van der Waals surface area contributed by atoms with Crippen molar-refractivity contribution in [1.29, 1.82) is 0 Å². The molecule has 0 saturated heterocycles. The first-order chi connectivity index (χ1) is 21.0. The van der Waals surface area contributed by atoms with E-state index in [-0.39, 0.29) is 17.4 Å². The minimum Gasteiger partial charge on any atom is -0.550 e. The molecule has 3 heterocycles. The highest BCUT2D eigenvalue weighted by Crippen LogP contribution is 2.41. The smallest absolute Gasteiger partial charge is 0.231 e. The molecule has 0 fully saturated rings. The molecule has 0 radical (unpaired) electrons. The van der Waals surface area contributed by atoms with Crippen LogP contribution in [0.2, 0.25) is 0 Å². The fourth-order valence-electron chi connectivity index (χ4n) is 6.06. The number of carbonyl (C=O) groups is 1. The molecule has 2 aliphatic heterocycles. The average molecular weight is 628 g/mol. The summed E-state index contributed by atoms with van der Waals surface area (Å²) in [6.45, 7) is 3.47. The van der Waals surface area contributed by atoms with Crippen LogP contribution in [0.1, 0.15) is 102 Å². The van der Waals surface area contributed by atoms with Gasteiger partial charge in [0.05, 0.1) is 25.2 Å². The summed E-state index contributed by atoms with van der Waals surface area (Å²) in [5.41, 5.74) is 3.68. The predicted octanol–water partition coefficient (Wildman–Crippen LogP) is 5.66. The molecule has 2 aromatic carbocycles. The molecule has 0 bridgehead atoms. The Morgan fingerprint density at radius 2 is 1.42 bits per heavy atom. The average Bonchev–Trinajstić information content (AvgIpc) is 3.48. The summed E-state index contributed by atoms with van der Waals surface area (Å²) in [5, 5.41) is 12.4. The molecule has 0 saturated carbocycles. The molecule has 250 valence electrons. The summed E-state index contributed by atoms with van der Waals surface area (Å²) in [6, 6.07) is 10.4. The van der Waals surface area contributed by atoms with Gasteiger partial charge in [-0.05, 0) is 48.1 Å². The van der Waals surface area contributed by atoms with E-state index in [1.165, 1.54) is 87.4 Å². The summed E-state index contributed by atoms with van der Waals surface area (Å²) < 4.78 is 24.4. The molecule has 2 aliphatic rings. The maximum absolute atomic E-state index is 10.2. The van der Waals surface area contributed by atoms with Gasteiger partial charge in [0, 0.05) is 18.5 Å². The van der Waals surface area contributed by atoms with Gasteiger partial charge in [-0.25, -0.2) is 0 Å². The first kappa shape index (κ1) is 37.6. The Morgan fingerprint density at radius 1 is 0.822 bits per heavy atom. The third-order valence-electron chi connectivity index (χ3n) is 8.49. The second-order valence-corrected chi connectivity index (χ2v) is 11.6. The van der Waals surface area contributed by atoms with Gasteiger partial charge in [-0.3, -0.25) is 0 Å². The number of unbranched alkanes of at least 4 members (excludes halogenated alkanes) is 12. The van der Waals surface area contributed by atoms with Crippen LogP contribution in [-0.2, 0) is 17.8 Å². The molecule has 0 amide bonds.